The van der Waals surface area contributed by atoms with Crippen molar-refractivity contribution in [2.24, 2.45) is 28.6 Å². The largest absolute Gasteiger partial charge is 0.462 e. The Hall–Kier alpha value is -1.13. The van der Waals surface area contributed by atoms with Gasteiger partial charge in [-0.05, 0) is 79.6 Å². The van der Waals surface area contributed by atoms with Crippen molar-refractivity contribution in [3.63, 3.8) is 0 Å². The van der Waals surface area contributed by atoms with E-state index in [4.69, 9.17) is 14.2 Å². The molecule has 0 aromatic rings. The fourth-order valence-electron chi connectivity index (χ4n) is 7.90. The number of fused-ring (bicyclic) bond motifs is 5. The van der Waals surface area contributed by atoms with Gasteiger partial charge in [0.25, 0.3) is 0 Å². The highest BCUT2D eigenvalue weighted by molar-refractivity contribution is 5.66. The maximum Gasteiger partial charge on any atom is 0.302 e. The zero-order chi connectivity index (χ0) is 20.4. The molecule has 1 aliphatic heterocycles. The number of rotatable bonds is 2. The summed E-state index contributed by atoms with van der Waals surface area (Å²) in [5, 5.41) is 0. The smallest absolute Gasteiger partial charge is 0.302 e. The molecule has 1 saturated heterocycles. The minimum atomic E-state index is -0.516. The average molecular weight is 401 g/mol. The summed E-state index contributed by atoms with van der Waals surface area (Å²) in [6.45, 7) is 10.0. The summed E-state index contributed by atoms with van der Waals surface area (Å²) in [7, 11) is 0. The van der Waals surface area contributed by atoms with E-state index in [1.165, 1.54) is 31.8 Å². The molecule has 0 spiro atoms. The van der Waals surface area contributed by atoms with Crippen LogP contribution in [0.2, 0.25) is 0 Å². The highest BCUT2D eigenvalue weighted by Crippen LogP contribution is 2.66. The van der Waals surface area contributed by atoms with Gasteiger partial charge in [-0.25, -0.2) is 0 Å². The summed E-state index contributed by atoms with van der Waals surface area (Å²) in [6, 6.07) is 0. The molecule has 4 heteroatoms. The lowest BCUT2D eigenvalue weighted by Gasteiger charge is -2.58. The fourth-order valence-corrected chi connectivity index (χ4v) is 7.90. The molecule has 0 aromatic heterocycles. The summed E-state index contributed by atoms with van der Waals surface area (Å²) >= 11 is 0. The molecule has 29 heavy (non-hydrogen) atoms. The van der Waals surface area contributed by atoms with E-state index in [0.29, 0.717) is 19.1 Å². The Kier molecular flexibility index (Phi) is 4.57. The second kappa shape index (κ2) is 6.68. The van der Waals surface area contributed by atoms with Crippen molar-refractivity contribution >= 4 is 5.97 Å². The molecule has 4 nitrogen and oxygen atoms in total. The van der Waals surface area contributed by atoms with E-state index in [1.807, 2.05) is 0 Å². The summed E-state index contributed by atoms with van der Waals surface area (Å²) in [5.74, 6) is 1.49. The van der Waals surface area contributed by atoms with Gasteiger partial charge in [-0.2, -0.15) is 0 Å². The minimum absolute atomic E-state index is 0.0774. The van der Waals surface area contributed by atoms with Gasteiger partial charge in [0.05, 0.1) is 13.2 Å². The van der Waals surface area contributed by atoms with Gasteiger partial charge >= 0.3 is 5.97 Å². The highest BCUT2D eigenvalue weighted by atomic mass is 16.7. The number of hydrogen-bond acceptors (Lipinski definition) is 4. The third-order valence-electron chi connectivity index (χ3n) is 9.30. The van der Waals surface area contributed by atoms with Gasteiger partial charge in [0.1, 0.15) is 6.10 Å². The van der Waals surface area contributed by atoms with Crippen LogP contribution in [0.5, 0.6) is 0 Å². The molecular weight excluding hydrogens is 364 g/mol. The first-order valence-electron chi connectivity index (χ1n) is 11.6. The van der Waals surface area contributed by atoms with Crippen LogP contribution in [0.3, 0.4) is 0 Å². The Morgan fingerprint density at radius 3 is 2.45 bits per heavy atom. The van der Waals surface area contributed by atoms with Crippen molar-refractivity contribution in [1.82, 2.24) is 0 Å². The van der Waals surface area contributed by atoms with E-state index in [9.17, 15) is 4.79 Å². The molecule has 5 aliphatic rings. The number of esters is 1. The second-order valence-electron chi connectivity index (χ2n) is 10.7. The second-order valence-corrected chi connectivity index (χ2v) is 10.7. The summed E-state index contributed by atoms with van der Waals surface area (Å²) < 4.78 is 17.7. The Bertz CT molecular complexity index is 761. The molecule has 1 heterocycles. The standard InChI is InChI=1S/C25H36O4/c1-16(26)29-18-9-11-23(2)17(15-18)5-6-19-20-7-8-22(25(4)27-13-14-28-25)24(20,3)12-10-21(19)23/h5,8,18-21H,6-7,9-15H2,1-4H3/t18-,19-,20-,21-,23+,24-/m1/s1. The Balaban J connectivity index is 1.39. The molecule has 0 amide bonds. The van der Waals surface area contributed by atoms with E-state index >= 15 is 0 Å². The number of carbonyl (C=O) groups is 1. The van der Waals surface area contributed by atoms with Crippen LogP contribution in [0.15, 0.2) is 23.3 Å². The van der Waals surface area contributed by atoms with E-state index in [2.05, 4.69) is 32.9 Å². The third-order valence-corrected chi connectivity index (χ3v) is 9.30. The van der Waals surface area contributed by atoms with Crippen LogP contribution in [0.4, 0.5) is 0 Å². The first-order valence-corrected chi connectivity index (χ1v) is 11.6. The van der Waals surface area contributed by atoms with E-state index in [0.717, 1.165) is 37.5 Å². The zero-order valence-corrected chi connectivity index (χ0v) is 18.5. The molecule has 0 unspecified atom stereocenters. The van der Waals surface area contributed by atoms with Crippen molar-refractivity contribution in [3.05, 3.63) is 23.3 Å². The molecule has 3 fully saturated rings. The van der Waals surface area contributed by atoms with Crippen LogP contribution < -0.4 is 0 Å². The molecule has 2 saturated carbocycles. The topological polar surface area (TPSA) is 44.8 Å². The van der Waals surface area contributed by atoms with Crippen LogP contribution in [0.25, 0.3) is 0 Å². The number of allylic oxidation sites excluding steroid dienone is 2. The van der Waals surface area contributed by atoms with Gasteiger partial charge < -0.3 is 14.2 Å². The minimum Gasteiger partial charge on any atom is -0.462 e. The molecule has 160 valence electrons. The average Bonchev–Trinajstić information content (AvgIpc) is 3.25. The van der Waals surface area contributed by atoms with Crippen molar-refractivity contribution in [2.45, 2.75) is 84.5 Å². The lowest BCUT2D eigenvalue weighted by atomic mass is 9.47. The molecule has 4 aliphatic carbocycles. The molecule has 0 N–H and O–H groups in total. The monoisotopic (exact) mass is 400 g/mol. The summed E-state index contributed by atoms with van der Waals surface area (Å²) in [5.41, 5.74) is 3.43. The predicted molar refractivity (Wildman–Crippen MR) is 111 cm³/mol. The van der Waals surface area contributed by atoms with Crippen LogP contribution in [0.1, 0.15) is 72.6 Å². The van der Waals surface area contributed by atoms with Crippen molar-refractivity contribution in [2.75, 3.05) is 13.2 Å². The lowest BCUT2D eigenvalue weighted by molar-refractivity contribution is -0.149. The van der Waals surface area contributed by atoms with Gasteiger partial charge in [-0.1, -0.05) is 31.6 Å². The summed E-state index contributed by atoms with van der Waals surface area (Å²) in [6.07, 6.45) is 13.0. The van der Waals surface area contributed by atoms with E-state index < -0.39 is 5.79 Å². The number of ether oxygens (including phenoxy) is 3. The maximum absolute atomic E-state index is 11.4. The first kappa shape index (κ1) is 19.8. The number of carbonyl (C=O) groups excluding carboxylic acids is 1. The molecule has 5 rings (SSSR count). The fraction of sp³-hybridized carbons (Fsp3) is 0.800. The van der Waals surface area contributed by atoms with Gasteiger partial charge in [0.2, 0.25) is 0 Å². The van der Waals surface area contributed by atoms with Crippen molar-refractivity contribution < 1.29 is 19.0 Å². The third kappa shape index (κ3) is 2.89. The molecular formula is C25H36O4. The Morgan fingerprint density at radius 1 is 1.00 bits per heavy atom. The van der Waals surface area contributed by atoms with Crippen molar-refractivity contribution in [1.29, 1.82) is 0 Å². The lowest BCUT2D eigenvalue weighted by Crippen LogP contribution is -2.51. The van der Waals surface area contributed by atoms with Gasteiger partial charge in [-0.3, -0.25) is 4.79 Å². The highest BCUT2D eigenvalue weighted by Gasteiger charge is 2.59. The van der Waals surface area contributed by atoms with Crippen molar-refractivity contribution in [3.8, 4) is 0 Å². The zero-order valence-electron chi connectivity index (χ0n) is 18.5. The van der Waals surface area contributed by atoms with Crippen LogP contribution >= 0.6 is 0 Å². The van der Waals surface area contributed by atoms with Crippen LogP contribution in [-0.4, -0.2) is 31.1 Å². The molecule has 0 aromatic carbocycles. The van der Waals surface area contributed by atoms with E-state index in [1.54, 1.807) is 5.57 Å². The van der Waals surface area contributed by atoms with Gasteiger partial charge in [0.15, 0.2) is 5.79 Å². The quantitative estimate of drug-likeness (QED) is 0.473. The molecule has 0 bridgehead atoms. The Morgan fingerprint density at radius 2 is 1.72 bits per heavy atom. The summed E-state index contributed by atoms with van der Waals surface area (Å²) in [4.78, 5) is 11.4. The maximum atomic E-state index is 11.4. The molecule has 6 atom stereocenters. The Labute approximate surface area is 175 Å². The van der Waals surface area contributed by atoms with Gasteiger partial charge in [-0.15, -0.1) is 0 Å². The van der Waals surface area contributed by atoms with E-state index in [-0.39, 0.29) is 22.9 Å². The SMILES string of the molecule is CC(=O)O[C@@H]1CC[C@@]2(C)C(=CC[C@H]3[C@H]2CC[C@@]2(C)C(C4(C)OCCO4)=CC[C@H]32)C1. The van der Waals surface area contributed by atoms with Gasteiger partial charge in [0, 0.05) is 13.3 Å². The molecule has 0 radical (unpaired) electrons. The normalized spacial score (nSPS) is 45.5. The first-order chi connectivity index (χ1) is 13.8. The van der Waals surface area contributed by atoms with Crippen LogP contribution in [-0.2, 0) is 19.0 Å². The predicted octanol–water partition coefficient (Wildman–Crippen LogP) is 5.18. The number of hydrogen-bond donors (Lipinski definition) is 0. The van der Waals surface area contributed by atoms with Crippen LogP contribution in [0, 0.1) is 28.6 Å².